The first-order chi connectivity index (χ1) is 19.9. The van der Waals surface area contributed by atoms with Crippen LogP contribution in [0.2, 0.25) is 0 Å². The van der Waals surface area contributed by atoms with E-state index >= 15 is 0 Å². The number of hydrogen-bond donors (Lipinski definition) is 3. The largest absolute Gasteiger partial charge is 0.481 e. The first kappa shape index (κ1) is 41.8. The van der Waals surface area contributed by atoms with Gasteiger partial charge in [-0.1, -0.05) is 161 Å². The molecule has 0 rings (SSSR count). The zero-order chi connectivity index (χ0) is 30.7. The van der Waals surface area contributed by atoms with E-state index in [-0.39, 0.29) is 6.10 Å². The van der Waals surface area contributed by atoms with Crippen LogP contribution < -0.4 is 0 Å². The zero-order valence-corrected chi connectivity index (χ0v) is 27.4. The predicted octanol–water partition coefficient (Wildman–Crippen LogP) is 11.4. The van der Waals surface area contributed by atoms with Gasteiger partial charge in [-0.3, -0.25) is 9.59 Å². The number of allylic oxidation sites excluding steroid dienone is 1. The van der Waals surface area contributed by atoms with Gasteiger partial charge < -0.3 is 15.3 Å². The summed E-state index contributed by atoms with van der Waals surface area (Å²) >= 11 is 0. The van der Waals surface area contributed by atoms with E-state index < -0.39 is 11.9 Å². The molecule has 0 heterocycles. The summed E-state index contributed by atoms with van der Waals surface area (Å²) in [7, 11) is 0. The Bertz CT molecular complexity index is 560. The molecule has 1 atom stereocenters. The van der Waals surface area contributed by atoms with Crippen LogP contribution in [-0.4, -0.2) is 33.4 Å². The Hall–Kier alpha value is -1.36. The molecule has 0 bridgehead atoms. The zero-order valence-electron chi connectivity index (χ0n) is 27.4. The average Bonchev–Trinajstić information content (AvgIpc) is 2.94. The average molecular weight is 583 g/mol. The molecule has 0 aromatic heterocycles. The normalized spacial score (nSPS) is 11.9. The lowest BCUT2D eigenvalue weighted by molar-refractivity contribution is -0.138. The smallest absolute Gasteiger partial charge is 0.303 e. The van der Waals surface area contributed by atoms with Gasteiger partial charge in [0.05, 0.1) is 6.10 Å². The number of rotatable bonds is 31. The van der Waals surface area contributed by atoms with E-state index in [1.165, 1.54) is 109 Å². The highest BCUT2D eigenvalue weighted by molar-refractivity contribution is 5.66. The molecular formula is C36H70O5. The summed E-state index contributed by atoms with van der Waals surface area (Å²) in [6.45, 7) is 4.47. The molecule has 0 aliphatic heterocycles. The Morgan fingerprint density at radius 3 is 1.22 bits per heavy atom. The first-order valence-electron chi connectivity index (χ1n) is 17.7. The monoisotopic (exact) mass is 583 g/mol. The lowest BCUT2D eigenvalue weighted by atomic mass is 10.0. The third-order valence-electron chi connectivity index (χ3n) is 7.72. The molecule has 3 N–H and O–H groups in total. The molecule has 5 nitrogen and oxygen atoms in total. The first-order valence-corrected chi connectivity index (χ1v) is 17.7. The summed E-state index contributed by atoms with van der Waals surface area (Å²) in [5, 5.41) is 26.8. The number of carboxylic acid groups (broad SMARTS) is 2. The summed E-state index contributed by atoms with van der Waals surface area (Å²) in [5.74, 6) is -1.34. The SMILES string of the molecule is CCCCCCCCCCCCCCCCCC(=O)O.CCCCCC[C@@H](O)CC=CCCCCCCCC(=O)O. The second-order valence-corrected chi connectivity index (χ2v) is 12.0. The Morgan fingerprint density at radius 1 is 0.488 bits per heavy atom. The van der Waals surface area contributed by atoms with Crippen LogP contribution in [-0.2, 0) is 9.59 Å². The lowest BCUT2D eigenvalue weighted by Crippen LogP contribution is -2.04. The molecule has 0 fully saturated rings. The van der Waals surface area contributed by atoms with Crippen molar-refractivity contribution in [1.29, 1.82) is 0 Å². The molecule has 41 heavy (non-hydrogen) atoms. The van der Waals surface area contributed by atoms with Gasteiger partial charge in [-0.25, -0.2) is 0 Å². The fraction of sp³-hybridized carbons (Fsp3) is 0.889. The summed E-state index contributed by atoms with van der Waals surface area (Å²) in [6, 6.07) is 0. The van der Waals surface area contributed by atoms with Crippen molar-refractivity contribution in [3.8, 4) is 0 Å². The van der Waals surface area contributed by atoms with Crippen molar-refractivity contribution in [2.24, 2.45) is 0 Å². The van der Waals surface area contributed by atoms with E-state index in [4.69, 9.17) is 10.2 Å². The second kappa shape index (κ2) is 36.7. The Kier molecular flexibility index (Phi) is 37.4. The van der Waals surface area contributed by atoms with Gasteiger partial charge in [-0.15, -0.1) is 0 Å². The Balaban J connectivity index is 0. The quantitative estimate of drug-likeness (QED) is 0.0558. The number of unbranched alkanes of at least 4 members (excludes halogenated alkanes) is 22. The summed E-state index contributed by atoms with van der Waals surface area (Å²) in [6.07, 6.45) is 37.6. The molecule has 0 amide bonds. The van der Waals surface area contributed by atoms with E-state index in [0.29, 0.717) is 12.8 Å². The maximum Gasteiger partial charge on any atom is 0.303 e. The van der Waals surface area contributed by atoms with Crippen molar-refractivity contribution in [2.75, 3.05) is 0 Å². The highest BCUT2D eigenvalue weighted by Crippen LogP contribution is 2.14. The van der Waals surface area contributed by atoms with Crippen molar-refractivity contribution in [3.05, 3.63) is 12.2 Å². The molecule has 0 radical (unpaired) electrons. The van der Waals surface area contributed by atoms with Gasteiger partial charge in [-0.2, -0.15) is 0 Å². The van der Waals surface area contributed by atoms with Crippen LogP contribution in [0.5, 0.6) is 0 Å². The highest BCUT2D eigenvalue weighted by Gasteiger charge is 2.01. The Morgan fingerprint density at radius 2 is 0.829 bits per heavy atom. The summed E-state index contributed by atoms with van der Waals surface area (Å²) < 4.78 is 0. The van der Waals surface area contributed by atoms with Crippen LogP contribution in [0.4, 0.5) is 0 Å². The standard InChI is InChI=1S/C18H34O3.C18H36O2/c1-2-3-4-11-14-17(19)15-12-9-7-5-6-8-10-13-16-18(20)21;1-2-3-4-5-6-7-8-9-10-11-12-13-14-15-16-17-18(19)20/h9,12,17,19H,2-8,10-11,13-16H2,1H3,(H,20,21);2-17H2,1H3,(H,19,20)/t17-;/m1./s1. The number of aliphatic hydroxyl groups is 1. The number of hydrogen-bond acceptors (Lipinski definition) is 3. The van der Waals surface area contributed by atoms with Gasteiger partial charge in [0.15, 0.2) is 0 Å². The molecular weight excluding hydrogens is 512 g/mol. The molecule has 244 valence electrons. The minimum atomic E-state index is -0.689. The third-order valence-corrected chi connectivity index (χ3v) is 7.72. The minimum absolute atomic E-state index is 0.172. The van der Waals surface area contributed by atoms with Crippen LogP contribution in [0.3, 0.4) is 0 Å². The molecule has 0 aromatic rings. The fourth-order valence-electron chi connectivity index (χ4n) is 5.01. The second-order valence-electron chi connectivity index (χ2n) is 12.0. The number of carboxylic acids is 2. The van der Waals surface area contributed by atoms with Crippen molar-refractivity contribution in [2.45, 2.75) is 206 Å². The van der Waals surface area contributed by atoms with Crippen LogP contribution >= 0.6 is 0 Å². The Labute approximate surface area is 255 Å². The van der Waals surface area contributed by atoms with Gasteiger partial charge in [0, 0.05) is 12.8 Å². The highest BCUT2D eigenvalue weighted by atomic mass is 16.4. The van der Waals surface area contributed by atoms with Crippen LogP contribution in [0, 0.1) is 0 Å². The maximum atomic E-state index is 10.3. The number of carbonyl (C=O) groups is 2. The topological polar surface area (TPSA) is 94.8 Å². The number of aliphatic carboxylic acids is 2. The van der Waals surface area contributed by atoms with Gasteiger partial charge in [0.2, 0.25) is 0 Å². The van der Waals surface area contributed by atoms with Crippen molar-refractivity contribution in [3.63, 3.8) is 0 Å². The number of aliphatic hydroxyl groups excluding tert-OH is 1. The summed E-state index contributed by atoms with van der Waals surface area (Å²) in [4.78, 5) is 20.7. The van der Waals surface area contributed by atoms with Crippen LogP contribution in [0.25, 0.3) is 0 Å². The molecule has 0 aliphatic carbocycles. The molecule has 0 saturated carbocycles. The van der Waals surface area contributed by atoms with Crippen LogP contribution in [0.15, 0.2) is 12.2 Å². The van der Waals surface area contributed by atoms with Crippen molar-refractivity contribution < 1.29 is 24.9 Å². The molecule has 5 heteroatoms. The third kappa shape index (κ3) is 43.2. The van der Waals surface area contributed by atoms with Gasteiger partial charge in [0.25, 0.3) is 0 Å². The minimum Gasteiger partial charge on any atom is -0.481 e. The molecule has 0 aliphatic rings. The molecule has 0 spiro atoms. The van der Waals surface area contributed by atoms with E-state index in [1.807, 2.05) is 0 Å². The van der Waals surface area contributed by atoms with Crippen molar-refractivity contribution >= 4 is 11.9 Å². The lowest BCUT2D eigenvalue weighted by Gasteiger charge is -2.07. The van der Waals surface area contributed by atoms with E-state index in [1.54, 1.807) is 0 Å². The van der Waals surface area contributed by atoms with E-state index in [2.05, 4.69) is 26.0 Å². The molecule has 0 saturated heterocycles. The predicted molar refractivity (Wildman–Crippen MR) is 176 cm³/mol. The van der Waals surface area contributed by atoms with Crippen molar-refractivity contribution in [1.82, 2.24) is 0 Å². The van der Waals surface area contributed by atoms with E-state index in [9.17, 15) is 14.7 Å². The summed E-state index contributed by atoms with van der Waals surface area (Å²) in [5.41, 5.74) is 0. The fourth-order valence-corrected chi connectivity index (χ4v) is 5.01. The molecule has 0 aromatic carbocycles. The van der Waals surface area contributed by atoms with Gasteiger partial charge in [-0.05, 0) is 38.5 Å². The van der Waals surface area contributed by atoms with Gasteiger partial charge >= 0.3 is 11.9 Å². The van der Waals surface area contributed by atoms with Crippen LogP contribution in [0.1, 0.15) is 200 Å². The maximum absolute atomic E-state index is 10.3. The van der Waals surface area contributed by atoms with Gasteiger partial charge in [0.1, 0.15) is 0 Å². The molecule has 0 unspecified atom stereocenters. The van der Waals surface area contributed by atoms with E-state index in [0.717, 1.165) is 64.2 Å².